The summed E-state index contributed by atoms with van der Waals surface area (Å²) in [6.45, 7) is 1.83. The molecule has 2 rings (SSSR count). The van der Waals surface area contributed by atoms with Gasteiger partial charge in [0.05, 0.1) is 11.1 Å². The van der Waals surface area contributed by atoms with Crippen LogP contribution in [0, 0.1) is 0 Å². The number of amides is 3. The normalized spacial score (nSPS) is 14.1. The van der Waals surface area contributed by atoms with E-state index < -0.39 is 17.7 Å². The van der Waals surface area contributed by atoms with Crippen molar-refractivity contribution in [3.8, 4) is 0 Å². The highest BCUT2D eigenvalue weighted by molar-refractivity contribution is 6.29. The van der Waals surface area contributed by atoms with Gasteiger partial charge < -0.3 is 4.74 Å². The largest absolute Gasteiger partial charge is 0.372 e. The first-order chi connectivity index (χ1) is 8.16. The molecule has 0 saturated carbocycles. The summed E-state index contributed by atoms with van der Waals surface area (Å²) in [5.74, 6) is -1.77. The van der Waals surface area contributed by atoms with E-state index in [0.29, 0.717) is 11.5 Å². The number of benzene rings is 1. The van der Waals surface area contributed by atoms with Crippen LogP contribution in [0.2, 0.25) is 0 Å². The van der Waals surface area contributed by atoms with Gasteiger partial charge in [-0.1, -0.05) is 12.1 Å². The van der Waals surface area contributed by atoms with Crippen molar-refractivity contribution in [2.45, 2.75) is 6.92 Å². The van der Waals surface area contributed by atoms with Gasteiger partial charge in [-0.05, 0) is 19.1 Å². The van der Waals surface area contributed by atoms with Crippen molar-refractivity contribution in [2.24, 2.45) is 0 Å². The van der Waals surface area contributed by atoms with Gasteiger partial charge >= 0.3 is 0 Å². The van der Waals surface area contributed by atoms with Gasteiger partial charge in [0.1, 0.15) is 6.61 Å². The second-order valence-electron chi connectivity index (χ2n) is 3.52. The zero-order chi connectivity index (χ0) is 12.4. The molecule has 0 radical (unpaired) electrons. The lowest BCUT2D eigenvalue weighted by Crippen LogP contribution is -2.38. The van der Waals surface area contributed by atoms with Crippen molar-refractivity contribution >= 4 is 17.7 Å². The Morgan fingerprint density at radius 2 is 1.71 bits per heavy atom. The second kappa shape index (κ2) is 4.47. The highest BCUT2D eigenvalue weighted by atomic mass is 16.5. The standard InChI is InChI=1S/C12H11NO4/c1-2-17-7-10(14)13-11(15)8-5-3-4-6-9(8)12(13)16/h3-6H,2,7H2,1H3. The van der Waals surface area contributed by atoms with Crippen molar-refractivity contribution < 1.29 is 19.1 Å². The molecule has 0 spiro atoms. The molecular weight excluding hydrogens is 222 g/mol. The number of nitrogens with zero attached hydrogens (tertiary/aromatic N) is 1. The molecule has 0 aromatic heterocycles. The Morgan fingerprint density at radius 1 is 1.18 bits per heavy atom. The van der Waals surface area contributed by atoms with E-state index >= 15 is 0 Å². The highest BCUT2D eigenvalue weighted by Gasteiger charge is 2.39. The van der Waals surface area contributed by atoms with Crippen LogP contribution in [0.1, 0.15) is 27.6 Å². The van der Waals surface area contributed by atoms with E-state index in [1.54, 1.807) is 19.1 Å². The smallest absolute Gasteiger partial charge is 0.268 e. The summed E-state index contributed by atoms with van der Waals surface area (Å²) < 4.78 is 4.91. The quantitative estimate of drug-likeness (QED) is 0.726. The van der Waals surface area contributed by atoms with E-state index in [0.717, 1.165) is 0 Å². The van der Waals surface area contributed by atoms with Crippen LogP contribution in [0.25, 0.3) is 0 Å². The maximum Gasteiger partial charge on any atom is 0.268 e. The van der Waals surface area contributed by atoms with Gasteiger partial charge in [0.2, 0.25) is 0 Å². The maximum atomic E-state index is 11.8. The molecule has 88 valence electrons. The second-order valence-corrected chi connectivity index (χ2v) is 3.52. The molecule has 3 amide bonds. The molecule has 17 heavy (non-hydrogen) atoms. The third kappa shape index (κ3) is 1.85. The number of ether oxygens (including phenoxy) is 1. The third-order valence-corrected chi connectivity index (χ3v) is 2.47. The van der Waals surface area contributed by atoms with E-state index in [1.807, 2.05) is 0 Å². The SMILES string of the molecule is CCOCC(=O)N1C(=O)c2ccccc2C1=O. The molecular formula is C12H11NO4. The Labute approximate surface area is 98.0 Å². The summed E-state index contributed by atoms with van der Waals surface area (Å²) in [5, 5.41) is 0. The monoisotopic (exact) mass is 233 g/mol. The molecule has 0 saturated heterocycles. The van der Waals surface area contributed by atoms with Gasteiger partial charge in [-0.15, -0.1) is 0 Å². The lowest BCUT2D eigenvalue weighted by Gasteiger charge is -2.11. The van der Waals surface area contributed by atoms with Crippen LogP contribution in [0.15, 0.2) is 24.3 Å². The molecule has 5 heteroatoms. The predicted octanol–water partition coefficient (Wildman–Crippen LogP) is 0.846. The van der Waals surface area contributed by atoms with Gasteiger partial charge in [0, 0.05) is 6.61 Å². The van der Waals surface area contributed by atoms with E-state index in [-0.39, 0.29) is 17.7 Å². The van der Waals surface area contributed by atoms with Gasteiger partial charge in [-0.2, -0.15) is 0 Å². The van der Waals surface area contributed by atoms with Crippen molar-refractivity contribution in [3.05, 3.63) is 35.4 Å². The van der Waals surface area contributed by atoms with E-state index in [2.05, 4.69) is 0 Å². The zero-order valence-corrected chi connectivity index (χ0v) is 9.30. The summed E-state index contributed by atoms with van der Waals surface area (Å²) in [4.78, 5) is 36.0. The van der Waals surface area contributed by atoms with Crippen molar-refractivity contribution in [1.29, 1.82) is 0 Å². The van der Waals surface area contributed by atoms with Crippen LogP contribution in [0.3, 0.4) is 0 Å². The minimum atomic E-state index is -0.627. The van der Waals surface area contributed by atoms with Gasteiger partial charge in [-0.3, -0.25) is 14.4 Å². The Bertz CT molecular complexity index is 460. The van der Waals surface area contributed by atoms with Crippen molar-refractivity contribution in [3.63, 3.8) is 0 Å². The number of rotatable bonds is 3. The first-order valence-electron chi connectivity index (χ1n) is 5.25. The van der Waals surface area contributed by atoms with Crippen LogP contribution in [-0.2, 0) is 9.53 Å². The topological polar surface area (TPSA) is 63.7 Å². The molecule has 1 aliphatic heterocycles. The number of fused-ring (bicyclic) bond motifs is 1. The van der Waals surface area contributed by atoms with E-state index in [9.17, 15) is 14.4 Å². The van der Waals surface area contributed by atoms with E-state index in [1.165, 1.54) is 12.1 Å². The molecule has 1 aliphatic rings. The molecule has 0 N–H and O–H groups in total. The lowest BCUT2D eigenvalue weighted by atomic mass is 10.1. The Balaban J connectivity index is 2.27. The minimum Gasteiger partial charge on any atom is -0.372 e. The average molecular weight is 233 g/mol. The van der Waals surface area contributed by atoms with Crippen LogP contribution >= 0.6 is 0 Å². The number of hydrogen-bond donors (Lipinski definition) is 0. The Morgan fingerprint density at radius 3 is 2.18 bits per heavy atom. The fourth-order valence-corrected chi connectivity index (χ4v) is 1.67. The third-order valence-electron chi connectivity index (χ3n) is 2.47. The van der Waals surface area contributed by atoms with Crippen LogP contribution < -0.4 is 0 Å². The molecule has 1 aromatic carbocycles. The van der Waals surface area contributed by atoms with Crippen molar-refractivity contribution in [1.82, 2.24) is 4.90 Å². The Hall–Kier alpha value is -2.01. The first-order valence-corrected chi connectivity index (χ1v) is 5.25. The molecule has 0 bridgehead atoms. The molecule has 0 aliphatic carbocycles. The first kappa shape index (κ1) is 11.5. The average Bonchev–Trinajstić information content (AvgIpc) is 2.60. The number of imide groups is 3. The van der Waals surface area contributed by atoms with Gasteiger partial charge in [-0.25, -0.2) is 4.90 Å². The lowest BCUT2D eigenvalue weighted by molar-refractivity contribution is -0.130. The van der Waals surface area contributed by atoms with Crippen LogP contribution in [0.4, 0.5) is 0 Å². The van der Waals surface area contributed by atoms with Gasteiger partial charge in [0.25, 0.3) is 17.7 Å². The predicted molar refractivity (Wildman–Crippen MR) is 58.4 cm³/mol. The minimum absolute atomic E-state index is 0.262. The van der Waals surface area contributed by atoms with E-state index in [4.69, 9.17) is 4.74 Å². The maximum absolute atomic E-state index is 11.8. The Kier molecular flexibility index (Phi) is 3.01. The summed E-state index contributed by atoms with van der Waals surface area (Å²) in [5.41, 5.74) is 0.532. The van der Waals surface area contributed by atoms with Crippen LogP contribution in [0.5, 0.6) is 0 Å². The molecule has 0 unspecified atom stereocenters. The van der Waals surface area contributed by atoms with Crippen molar-refractivity contribution in [2.75, 3.05) is 13.2 Å². The molecule has 1 heterocycles. The fourth-order valence-electron chi connectivity index (χ4n) is 1.67. The molecule has 0 fully saturated rings. The zero-order valence-electron chi connectivity index (χ0n) is 9.30. The fraction of sp³-hybridized carbons (Fsp3) is 0.250. The highest BCUT2D eigenvalue weighted by Crippen LogP contribution is 2.22. The van der Waals surface area contributed by atoms with Crippen LogP contribution in [-0.4, -0.2) is 35.8 Å². The molecule has 1 aromatic rings. The van der Waals surface area contributed by atoms with Gasteiger partial charge in [0.15, 0.2) is 0 Å². The summed E-state index contributed by atoms with van der Waals surface area (Å²) in [7, 11) is 0. The summed E-state index contributed by atoms with van der Waals surface area (Å²) in [6, 6.07) is 6.37. The number of hydrogen-bond acceptors (Lipinski definition) is 4. The number of carbonyl (C=O) groups is 3. The molecule has 5 nitrogen and oxygen atoms in total. The summed E-state index contributed by atoms with van der Waals surface area (Å²) in [6.07, 6.45) is 0. The molecule has 0 atom stereocenters. The number of carbonyl (C=O) groups excluding carboxylic acids is 3. The summed E-state index contributed by atoms with van der Waals surface area (Å²) >= 11 is 0.